The molecule has 1 aromatic heterocycles. The first-order valence-corrected chi connectivity index (χ1v) is 6.37. The van der Waals surface area contributed by atoms with Gasteiger partial charge in [0, 0.05) is 12.5 Å². The molecule has 88 valence electrons. The molecule has 16 heavy (non-hydrogen) atoms. The van der Waals surface area contributed by atoms with Gasteiger partial charge >= 0.3 is 0 Å². The van der Waals surface area contributed by atoms with Gasteiger partial charge in [0.05, 0.1) is 5.70 Å². The van der Waals surface area contributed by atoms with Crippen LogP contribution in [0, 0.1) is 5.92 Å². The SMILES string of the molecule is C=C(N)c1nsc(C2CCC(CCO)C2)n1. The van der Waals surface area contributed by atoms with Crippen molar-refractivity contribution < 1.29 is 5.11 Å². The minimum absolute atomic E-state index is 0.290. The summed E-state index contributed by atoms with van der Waals surface area (Å²) in [5.41, 5.74) is 5.99. The molecule has 0 spiro atoms. The minimum Gasteiger partial charge on any atom is -0.396 e. The quantitative estimate of drug-likeness (QED) is 0.839. The van der Waals surface area contributed by atoms with Crippen LogP contribution < -0.4 is 5.73 Å². The molecule has 4 nitrogen and oxygen atoms in total. The van der Waals surface area contributed by atoms with Gasteiger partial charge < -0.3 is 10.8 Å². The number of nitrogens with two attached hydrogens (primary N) is 1. The highest BCUT2D eigenvalue weighted by Crippen LogP contribution is 2.40. The topological polar surface area (TPSA) is 72.0 Å². The molecule has 1 aliphatic rings. The first-order chi connectivity index (χ1) is 7.70. The number of nitrogens with zero attached hydrogens (tertiary/aromatic N) is 2. The monoisotopic (exact) mass is 239 g/mol. The molecule has 1 heterocycles. The molecule has 0 amide bonds. The average Bonchev–Trinajstić information content (AvgIpc) is 2.84. The van der Waals surface area contributed by atoms with Gasteiger partial charge in [0.25, 0.3) is 0 Å². The van der Waals surface area contributed by atoms with E-state index in [1.165, 1.54) is 18.0 Å². The Bertz CT molecular complexity index is 377. The summed E-state index contributed by atoms with van der Waals surface area (Å²) < 4.78 is 4.19. The predicted molar refractivity (Wildman–Crippen MR) is 64.9 cm³/mol. The molecule has 3 N–H and O–H groups in total. The first kappa shape index (κ1) is 11.5. The highest BCUT2D eigenvalue weighted by Gasteiger charge is 2.28. The van der Waals surface area contributed by atoms with Crippen LogP contribution in [0.25, 0.3) is 5.70 Å². The van der Waals surface area contributed by atoms with Gasteiger partial charge in [0.2, 0.25) is 0 Å². The standard InChI is InChI=1S/C11H17N3OS/c1-7(12)10-13-11(16-14-10)9-3-2-8(6-9)4-5-15/h8-9,15H,1-6,12H2. The van der Waals surface area contributed by atoms with E-state index in [-0.39, 0.29) is 0 Å². The van der Waals surface area contributed by atoms with E-state index in [9.17, 15) is 0 Å². The van der Waals surface area contributed by atoms with Gasteiger partial charge in [-0.3, -0.25) is 0 Å². The molecule has 5 heteroatoms. The summed E-state index contributed by atoms with van der Waals surface area (Å²) in [4.78, 5) is 4.41. The van der Waals surface area contributed by atoms with Crippen LogP contribution in [0.3, 0.4) is 0 Å². The molecular weight excluding hydrogens is 222 g/mol. The van der Waals surface area contributed by atoms with Gasteiger partial charge in [-0.1, -0.05) is 6.58 Å². The van der Waals surface area contributed by atoms with Crippen LogP contribution in [0.4, 0.5) is 0 Å². The lowest BCUT2D eigenvalue weighted by Gasteiger charge is -2.06. The number of hydrogen-bond donors (Lipinski definition) is 2. The predicted octanol–water partition coefficient (Wildman–Crippen LogP) is 1.73. The number of aromatic nitrogens is 2. The number of aliphatic hydroxyl groups is 1. The number of rotatable bonds is 4. The summed E-state index contributed by atoms with van der Waals surface area (Å²) >= 11 is 1.43. The van der Waals surface area contributed by atoms with Gasteiger partial charge in [-0.25, -0.2) is 4.98 Å². The fraction of sp³-hybridized carbons (Fsp3) is 0.636. The van der Waals surface area contributed by atoms with E-state index in [1.807, 2.05) is 0 Å². The van der Waals surface area contributed by atoms with Crippen molar-refractivity contribution in [3.05, 3.63) is 17.4 Å². The largest absolute Gasteiger partial charge is 0.396 e. The van der Waals surface area contributed by atoms with Crippen molar-refractivity contribution in [1.82, 2.24) is 9.36 Å². The third-order valence-corrected chi connectivity index (χ3v) is 4.03. The summed E-state index contributed by atoms with van der Waals surface area (Å²) in [5, 5.41) is 9.98. The zero-order valence-corrected chi connectivity index (χ0v) is 10.0. The molecule has 1 fully saturated rings. The third-order valence-electron chi connectivity index (χ3n) is 3.16. The third kappa shape index (κ3) is 2.41. The van der Waals surface area contributed by atoms with Crippen LogP contribution in [0.5, 0.6) is 0 Å². The highest BCUT2D eigenvalue weighted by molar-refractivity contribution is 7.05. The molecule has 1 saturated carbocycles. The number of hydrogen-bond acceptors (Lipinski definition) is 5. The van der Waals surface area contributed by atoms with E-state index in [0.29, 0.717) is 30.0 Å². The lowest BCUT2D eigenvalue weighted by atomic mass is 10.0. The normalized spacial score (nSPS) is 24.8. The Hall–Kier alpha value is -0.940. The van der Waals surface area contributed by atoms with Gasteiger partial charge in [-0.15, -0.1) is 0 Å². The van der Waals surface area contributed by atoms with Gasteiger partial charge in [0.1, 0.15) is 5.01 Å². The van der Waals surface area contributed by atoms with Crippen LogP contribution in [0.2, 0.25) is 0 Å². The zero-order chi connectivity index (χ0) is 11.5. The smallest absolute Gasteiger partial charge is 0.188 e. The van der Waals surface area contributed by atoms with Crippen molar-refractivity contribution in [3.63, 3.8) is 0 Å². The molecule has 2 atom stereocenters. The van der Waals surface area contributed by atoms with Crippen LogP contribution in [0.15, 0.2) is 6.58 Å². The molecule has 1 aliphatic carbocycles. The second kappa shape index (κ2) is 4.93. The lowest BCUT2D eigenvalue weighted by molar-refractivity contribution is 0.257. The van der Waals surface area contributed by atoms with E-state index < -0.39 is 0 Å². The maximum absolute atomic E-state index is 8.91. The van der Waals surface area contributed by atoms with E-state index in [2.05, 4.69) is 15.9 Å². The molecular formula is C11H17N3OS. The zero-order valence-electron chi connectivity index (χ0n) is 9.22. The van der Waals surface area contributed by atoms with Crippen molar-refractivity contribution in [3.8, 4) is 0 Å². The van der Waals surface area contributed by atoms with Gasteiger partial charge in [0.15, 0.2) is 5.82 Å². The molecule has 0 bridgehead atoms. The average molecular weight is 239 g/mol. The Morgan fingerprint density at radius 3 is 3.00 bits per heavy atom. The van der Waals surface area contributed by atoms with Gasteiger partial charge in [-0.2, -0.15) is 4.37 Å². The fourth-order valence-corrected chi connectivity index (χ4v) is 3.10. The molecule has 2 unspecified atom stereocenters. The van der Waals surface area contributed by atoms with E-state index in [1.54, 1.807) is 0 Å². The summed E-state index contributed by atoms with van der Waals surface area (Å²) in [6.07, 6.45) is 4.36. The number of aliphatic hydroxyl groups excluding tert-OH is 1. The minimum atomic E-state index is 0.290. The summed E-state index contributed by atoms with van der Waals surface area (Å²) in [6, 6.07) is 0. The lowest BCUT2D eigenvalue weighted by Crippen LogP contribution is -1.99. The second-order valence-electron chi connectivity index (χ2n) is 4.37. The Morgan fingerprint density at radius 2 is 2.38 bits per heavy atom. The van der Waals surface area contributed by atoms with E-state index in [4.69, 9.17) is 10.8 Å². The maximum atomic E-state index is 8.91. The first-order valence-electron chi connectivity index (χ1n) is 5.60. The second-order valence-corrected chi connectivity index (χ2v) is 5.15. The fourth-order valence-electron chi connectivity index (χ4n) is 2.28. The van der Waals surface area contributed by atoms with Crippen molar-refractivity contribution >= 4 is 17.2 Å². The summed E-state index contributed by atoms with van der Waals surface area (Å²) in [7, 11) is 0. The van der Waals surface area contributed by atoms with E-state index >= 15 is 0 Å². The van der Waals surface area contributed by atoms with Crippen molar-refractivity contribution in [2.45, 2.75) is 31.6 Å². The van der Waals surface area contributed by atoms with Crippen LogP contribution in [-0.4, -0.2) is 21.1 Å². The van der Waals surface area contributed by atoms with Crippen LogP contribution in [-0.2, 0) is 0 Å². The highest BCUT2D eigenvalue weighted by atomic mass is 32.1. The van der Waals surface area contributed by atoms with Crippen molar-refractivity contribution in [1.29, 1.82) is 0 Å². The Labute approximate surface area is 99.4 Å². The van der Waals surface area contributed by atoms with Crippen molar-refractivity contribution in [2.75, 3.05) is 6.61 Å². The molecule has 0 aliphatic heterocycles. The molecule has 0 aromatic carbocycles. The molecule has 2 rings (SSSR count). The molecule has 0 saturated heterocycles. The van der Waals surface area contributed by atoms with Crippen molar-refractivity contribution in [2.24, 2.45) is 11.7 Å². The van der Waals surface area contributed by atoms with Gasteiger partial charge in [-0.05, 0) is 43.1 Å². The Morgan fingerprint density at radius 1 is 1.56 bits per heavy atom. The maximum Gasteiger partial charge on any atom is 0.188 e. The Kier molecular flexibility index (Phi) is 3.56. The molecule has 1 aromatic rings. The summed E-state index contributed by atoms with van der Waals surface area (Å²) in [5.74, 6) is 1.72. The van der Waals surface area contributed by atoms with Crippen LogP contribution >= 0.6 is 11.5 Å². The summed E-state index contributed by atoms with van der Waals surface area (Å²) in [6.45, 7) is 3.93. The molecule has 0 radical (unpaired) electrons. The Balaban J connectivity index is 2.00. The van der Waals surface area contributed by atoms with Crippen LogP contribution in [0.1, 0.15) is 42.4 Å². The van der Waals surface area contributed by atoms with E-state index in [0.717, 1.165) is 24.3 Å².